The minimum atomic E-state index is 0.746. The SMILES string of the molecule is CCc1ccc(CNCc2c(Cl)c(C)nn2C)s1. The fourth-order valence-corrected chi connectivity index (χ4v) is 3.04. The normalized spacial score (nSPS) is 11.1. The second kappa shape index (κ2) is 5.87. The van der Waals surface area contributed by atoms with Crippen LogP contribution in [0.15, 0.2) is 12.1 Å². The number of rotatable bonds is 5. The van der Waals surface area contributed by atoms with Crippen LogP contribution in [-0.4, -0.2) is 9.78 Å². The fraction of sp³-hybridized carbons (Fsp3) is 0.462. The van der Waals surface area contributed by atoms with Crippen LogP contribution in [0.25, 0.3) is 0 Å². The molecule has 0 aromatic carbocycles. The third kappa shape index (κ3) is 2.94. The first-order chi connectivity index (χ1) is 8.61. The number of hydrogen-bond donors (Lipinski definition) is 1. The van der Waals surface area contributed by atoms with Crippen LogP contribution in [0.2, 0.25) is 5.02 Å². The third-order valence-electron chi connectivity index (χ3n) is 2.92. The predicted molar refractivity (Wildman–Crippen MR) is 77.2 cm³/mol. The molecular formula is C13H18ClN3S. The van der Waals surface area contributed by atoms with E-state index in [2.05, 4.69) is 29.5 Å². The van der Waals surface area contributed by atoms with Crippen molar-refractivity contribution in [3.8, 4) is 0 Å². The summed E-state index contributed by atoms with van der Waals surface area (Å²) in [6.45, 7) is 5.74. The summed E-state index contributed by atoms with van der Waals surface area (Å²) in [6, 6.07) is 4.38. The first kappa shape index (κ1) is 13.6. The predicted octanol–water partition coefficient (Wildman–Crippen LogP) is 3.30. The second-order valence-corrected chi connectivity index (χ2v) is 5.93. The van der Waals surface area contributed by atoms with Crippen molar-refractivity contribution in [2.24, 2.45) is 7.05 Å². The zero-order chi connectivity index (χ0) is 13.1. The minimum Gasteiger partial charge on any atom is -0.306 e. The minimum absolute atomic E-state index is 0.746. The Morgan fingerprint density at radius 3 is 2.61 bits per heavy atom. The lowest BCUT2D eigenvalue weighted by Gasteiger charge is -2.04. The Labute approximate surface area is 117 Å². The van der Waals surface area contributed by atoms with Gasteiger partial charge in [0.05, 0.1) is 16.4 Å². The molecule has 0 atom stereocenters. The van der Waals surface area contributed by atoms with Gasteiger partial charge in [-0.25, -0.2) is 0 Å². The van der Waals surface area contributed by atoms with Gasteiger partial charge in [-0.3, -0.25) is 4.68 Å². The van der Waals surface area contributed by atoms with Crippen LogP contribution in [0.3, 0.4) is 0 Å². The van der Waals surface area contributed by atoms with Crippen molar-refractivity contribution < 1.29 is 0 Å². The van der Waals surface area contributed by atoms with E-state index in [1.165, 1.54) is 9.75 Å². The first-order valence-corrected chi connectivity index (χ1v) is 7.27. The number of thiophene rings is 1. The van der Waals surface area contributed by atoms with Crippen LogP contribution in [0.5, 0.6) is 0 Å². The van der Waals surface area contributed by atoms with E-state index < -0.39 is 0 Å². The fourth-order valence-electron chi connectivity index (χ4n) is 1.88. The van der Waals surface area contributed by atoms with Crippen LogP contribution in [0, 0.1) is 6.92 Å². The zero-order valence-electron chi connectivity index (χ0n) is 11.0. The van der Waals surface area contributed by atoms with Gasteiger partial charge in [-0.2, -0.15) is 5.10 Å². The molecule has 5 heteroatoms. The Balaban J connectivity index is 1.92. The van der Waals surface area contributed by atoms with Crippen LogP contribution < -0.4 is 5.32 Å². The van der Waals surface area contributed by atoms with Crippen LogP contribution in [0.1, 0.15) is 28.1 Å². The van der Waals surface area contributed by atoms with E-state index >= 15 is 0 Å². The quantitative estimate of drug-likeness (QED) is 0.912. The van der Waals surface area contributed by atoms with Crippen molar-refractivity contribution in [1.82, 2.24) is 15.1 Å². The summed E-state index contributed by atoms with van der Waals surface area (Å²) in [5.74, 6) is 0. The molecule has 0 fully saturated rings. The van der Waals surface area contributed by atoms with Crippen molar-refractivity contribution in [1.29, 1.82) is 0 Å². The van der Waals surface area contributed by atoms with Crippen LogP contribution in [-0.2, 0) is 26.6 Å². The molecule has 0 saturated carbocycles. The molecule has 0 amide bonds. The lowest BCUT2D eigenvalue weighted by molar-refractivity contribution is 0.628. The smallest absolute Gasteiger partial charge is 0.0860 e. The van der Waals surface area contributed by atoms with E-state index in [0.717, 1.165) is 35.9 Å². The second-order valence-electron chi connectivity index (χ2n) is 4.29. The number of aryl methyl sites for hydroxylation is 3. The van der Waals surface area contributed by atoms with Gasteiger partial charge in [-0.1, -0.05) is 18.5 Å². The average Bonchev–Trinajstić information content (AvgIpc) is 2.89. The molecule has 2 aromatic heterocycles. The third-order valence-corrected chi connectivity index (χ3v) is 4.64. The summed E-state index contributed by atoms with van der Waals surface area (Å²) in [5, 5.41) is 8.49. The molecule has 0 aliphatic carbocycles. The summed E-state index contributed by atoms with van der Waals surface area (Å²) in [6.07, 6.45) is 1.11. The maximum Gasteiger partial charge on any atom is 0.0860 e. The van der Waals surface area contributed by atoms with E-state index in [1.54, 1.807) is 0 Å². The summed E-state index contributed by atoms with van der Waals surface area (Å²) in [7, 11) is 1.93. The molecule has 1 N–H and O–H groups in total. The molecule has 0 saturated heterocycles. The van der Waals surface area contributed by atoms with Gasteiger partial charge in [0.15, 0.2) is 0 Å². The van der Waals surface area contributed by atoms with E-state index in [4.69, 9.17) is 11.6 Å². The van der Waals surface area contributed by atoms with Gasteiger partial charge in [0.25, 0.3) is 0 Å². The molecule has 0 unspecified atom stereocenters. The maximum absolute atomic E-state index is 6.20. The zero-order valence-corrected chi connectivity index (χ0v) is 12.5. The van der Waals surface area contributed by atoms with Gasteiger partial charge in [0.2, 0.25) is 0 Å². The Hall–Kier alpha value is -0.840. The molecule has 0 aliphatic rings. The highest BCUT2D eigenvalue weighted by Crippen LogP contribution is 2.20. The standard InChI is InChI=1S/C13H18ClN3S/c1-4-10-5-6-11(18-10)7-15-8-12-13(14)9(2)16-17(12)3/h5-6,15H,4,7-8H2,1-3H3. The van der Waals surface area contributed by atoms with Crippen molar-refractivity contribution in [3.63, 3.8) is 0 Å². The molecule has 0 radical (unpaired) electrons. The van der Waals surface area contributed by atoms with Crippen molar-refractivity contribution in [2.45, 2.75) is 33.4 Å². The molecule has 3 nitrogen and oxygen atoms in total. The van der Waals surface area contributed by atoms with Crippen molar-refractivity contribution in [3.05, 3.63) is 38.3 Å². The number of halogens is 1. The van der Waals surface area contributed by atoms with E-state index in [-0.39, 0.29) is 0 Å². The average molecular weight is 284 g/mol. The van der Waals surface area contributed by atoms with Gasteiger partial charge in [0.1, 0.15) is 0 Å². The molecule has 0 bridgehead atoms. The van der Waals surface area contributed by atoms with Crippen molar-refractivity contribution >= 4 is 22.9 Å². The van der Waals surface area contributed by atoms with E-state index in [9.17, 15) is 0 Å². The van der Waals surface area contributed by atoms with Gasteiger partial charge in [0, 0.05) is 29.9 Å². The number of nitrogens with one attached hydrogen (secondary N) is 1. The molecular weight excluding hydrogens is 266 g/mol. The number of nitrogens with zero attached hydrogens (tertiary/aromatic N) is 2. The highest BCUT2D eigenvalue weighted by Gasteiger charge is 2.10. The lowest BCUT2D eigenvalue weighted by atomic mass is 10.3. The van der Waals surface area contributed by atoms with E-state index in [0.29, 0.717) is 0 Å². The Bertz CT molecular complexity index is 530. The highest BCUT2D eigenvalue weighted by molar-refractivity contribution is 7.11. The molecule has 0 aliphatic heterocycles. The Morgan fingerprint density at radius 1 is 1.33 bits per heavy atom. The molecule has 2 rings (SSSR count). The van der Waals surface area contributed by atoms with Crippen molar-refractivity contribution in [2.75, 3.05) is 0 Å². The molecule has 2 heterocycles. The molecule has 2 aromatic rings. The summed E-state index contributed by atoms with van der Waals surface area (Å²) in [4.78, 5) is 2.79. The van der Waals surface area contributed by atoms with Gasteiger partial charge in [-0.05, 0) is 25.5 Å². The summed E-state index contributed by atoms with van der Waals surface area (Å²) >= 11 is 8.07. The van der Waals surface area contributed by atoms with Gasteiger partial charge >= 0.3 is 0 Å². The topological polar surface area (TPSA) is 29.9 Å². The monoisotopic (exact) mass is 283 g/mol. The first-order valence-electron chi connectivity index (χ1n) is 6.08. The number of hydrogen-bond acceptors (Lipinski definition) is 3. The highest BCUT2D eigenvalue weighted by atomic mass is 35.5. The van der Waals surface area contributed by atoms with Gasteiger partial charge < -0.3 is 5.32 Å². The number of aromatic nitrogens is 2. The maximum atomic E-state index is 6.20. The largest absolute Gasteiger partial charge is 0.306 e. The Morgan fingerprint density at radius 2 is 2.06 bits per heavy atom. The summed E-state index contributed by atoms with van der Waals surface area (Å²) < 4.78 is 1.84. The molecule has 0 spiro atoms. The van der Waals surface area contributed by atoms with Gasteiger partial charge in [-0.15, -0.1) is 11.3 Å². The Kier molecular flexibility index (Phi) is 4.43. The summed E-state index contributed by atoms with van der Waals surface area (Å²) in [5.41, 5.74) is 1.93. The molecule has 98 valence electrons. The van der Waals surface area contributed by atoms with Crippen LogP contribution >= 0.6 is 22.9 Å². The molecule has 18 heavy (non-hydrogen) atoms. The van der Waals surface area contributed by atoms with E-state index in [1.807, 2.05) is 30.0 Å². The van der Waals surface area contributed by atoms with Crippen LogP contribution in [0.4, 0.5) is 0 Å². The lowest BCUT2D eigenvalue weighted by Crippen LogP contribution is -2.14.